The molecule has 2 aromatic carbocycles. The first-order valence-corrected chi connectivity index (χ1v) is 12.6. The van der Waals surface area contributed by atoms with Crippen molar-refractivity contribution in [1.29, 1.82) is 0 Å². The van der Waals surface area contributed by atoms with E-state index in [0.717, 1.165) is 24.1 Å². The molecule has 0 bridgehead atoms. The van der Waals surface area contributed by atoms with Crippen molar-refractivity contribution >= 4 is 11.8 Å². The summed E-state index contributed by atoms with van der Waals surface area (Å²) in [5.41, 5.74) is 2.15. The van der Waals surface area contributed by atoms with Crippen LogP contribution >= 0.6 is 0 Å². The van der Waals surface area contributed by atoms with E-state index in [1.807, 2.05) is 30.3 Å². The number of carbonyl (C=O) groups excluding carboxylic acids is 2. The van der Waals surface area contributed by atoms with Gasteiger partial charge < -0.3 is 19.7 Å². The minimum atomic E-state index is -0.668. The van der Waals surface area contributed by atoms with E-state index in [4.69, 9.17) is 9.47 Å². The molecule has 0 aromatic heterocycles. The molecule has 35 heavy (non-hydrogen) atoms. The first-order valence-electron chi connectivity index (χ1n) is 12.6. The molecular weight excluding hydrogens is 442 g/mol. The zero-order valence-corrected chi connectivity index (χ0v) is 21.3. The van der Waals surface area contributed by atoms with Crippen molar-refractivity contribution in [2.75, 3.05) is 27.3 Å². The molecule has 1 fully saturated rings. The van der Waals surface area contributed by atoms with Crippen molar-refractivity contribution in [1.82, 2.24) is 15.1 Å². The van der Waals surface area contributed by atoms with Crippen molar-refractivity contribution in [3.63, 3.8) is 0 Å². The maximum Gasteiger partial charge on any atom is 0.255 e. The van der Waals surface area contributed by atoms with Gasteiger partial charge in [-0.05, 0) is 56.9 Å². The smallest absolute Gasteiger partial charge is 0.255 e. The van der Waals surface area contributed by atoms with E-state index in [1.54, 1.807) is 31.3 Å². The highest BCUT2D eigenvalue weighted by Gasteiger charge is 2.41. The number of piperidine rings is 1. The summed E-state index contributed by atoms with van der Waals surface area (Å²) in [6, 6.07) is 13.4. The Balaban J connectivity index is 1.47. The zero-order chi connectivity index (χ0) is 24.9. The molecule has 0 spiro atoms. The first kappa shape index (κ1) is 25.0. The normalized spacial score (nSPS) is 22.1. The van der Waals surface area contributed by atoms with E-state index in [-0.39, 0.29) is 18.4 Å². The van der Waals surface area contributed by atoms with Crippen LogP contribution in [0.4, 0.5) is 0 Å². The van der Waals surface area contributed by atoms with Crippen LogP contribution in [0.15, 0.2) is 42.5 Å². The molecule has 4 rings (SSSR count). The predicted octanol–water partition coefficient (Wildman–Crippen LogP) is 4.17. The van der Waals surface area contributed by atoms with E-state index < -0.39 is 6.04 Å². The number of nitrogens with zero attached hydrogens (tertiary/aromatic N) is 2. The lowest BCUT2D eigenvalue weighted by Crippen LogP contribution is -2.45. The summed E-state index contributed by atoms with van der Waals surface area (Å²) < 4.78 is 10.8. The van der Waals surface area contributed by atoms with Crippen LogP contribution in [0.1, 0.15) is 67.1 Å². The van der Waals surface area contributed by atoms with Gasteiger partial charge >= 0.3 is 0 Å². The quantitative estimate of drug-likeness (QED) is 0.547. The SMILES string of the molecule is COc1ccc(CN2C(=O)c3ccccc3[C@@H]2C(=O)NCCCN2[C@H](C)CCC[C@H]2C)c(OC)c1. The number of amides is 2. The molecule has 0 radical (unpaired) electrons. The Bertz CT molecular complexity index is 1050. The molecular formula is C28H37N3O4. The molecule has 2 heterocycles. The number of rotatable bonds is 9. The molecule has 1 saturated heterocycles. The van der Waals surface area contributed by atoms with Gasteiger partial charge in [-0.2, -0.15) is 0 Å². The molecule has 3 atom stereocenters. The third kappa shape index (κ3) is 5.30. The highest BCUT2D eigenvalue weighted by Crippen LogP contribution is 2.37. The van der Waals surface area contributed by atoms with Gasteiger partial charge in [-0.1, -0.05) is 24.6 Å². The number of likely N-dealkylation sites (tertiary alicyclic amines) is 1. The Morgan fingerprint density at radius 1 is 1.06 bits per heavy atom. The largest absolute Gasteiger partial charge is 0.497 e. The average molecular weight is 480 g/mol. The van der Waals surface area contributed by atoms with Crippen LogP contribution in [-0.2, 0) is 11.3 Å². The Labute approximate surface area is 208 Å². The Kier molecular flexibility index (Phi) is 7.96. The van der Waals surface area contributed by atoms with E-state index in [1.165, 1.54) is 19.3 Å². The fourth-order valence-corrected chi connectivity index (χ4v) is 5.47. The second kappa shape index (κ2) is 11.1. The molecule has 7 nitrogen and oxygen atoms in total. The summed E-state index contributed by atoms with van der Waals surface area (Å²) in [7, 11) is 3.19. The van der Waals surface area contributed by atoms with Crippen LogP contribution in [0.5, 0.6) is 11.5 Å². The number of nitrogens with one attached hydrogen (secondary N) is 1. The van der Waals surface area contributed by atoms with Crippen molar-refractivity contribution in [3.8, 4) is 11.5 Å². The second-order valence-electron chi connectivity index (χ2n) is 9.61. The molecule has 1 N–H and O–H groups in total. The average Bonchev–Trinajstić information content (AvgIpc) is 3.14. The van der Waals surface area contributed by atoms with Crippen molar-refractivity contribution in [2.24, 2.45) is 0 Å². The molecule has 2 aromatic rings. The molecule has 2 aliphatic heterocycles. The lowest BCUT2D eigenvalue weighted by Gasteiger charge is -2.39. The highest BCUT2D eigenvalue weighted by molar-refractivity contribution is 6.04. The van der Waals surface area contributed by atoms with Gasteiger partial charge in [-0.25, -0.2) is 0 Å². The van der Waals surface area contributed by atoms with Crippen LogP contribution in [0, 0.1) is 0 Å². The van der Waals surface area contributed by atoms with Gasteiger partial charge in [0.2, 0.25) is 5.91 Å². The molecule has 0 aliphatic carbocycles. The van der Waals surface area contributed by atoms with Crippen LogP contribution in [0.25, 0.3) is 0 Å². The van der Waals surface area contributed by atoms with Gasteiger partial charge in [0.15, 0.2) is 0 Å². The summed E-state index contributed by atoms with van der Waals surface area (Å²) in [5.74, 6) is 1.01. The van der Waals surface area contributed by atoms with Gasteiger partial charge in [-0.15, -0.1) is 0 Å². The maximum absolute atomic E-state index is 13.4. The minimum absolute atomic E-state index is 0.143. The van der Waals surface area contributed by atoms with Crippen molar-refractivity contribution in [3.05, 3.63) is 59.2 Å². The Morgan fingerprint density at radius 2 is 1.80 bits per heavy atom. The zero-order valence-electron chi connectivity index (χ0n) is 21.3. The molecule has 0 saturated carbocycles. The lowest BCUT2D eigenvalue weighted by molar-refractivity contribution is -0.125. The number of carbonyl (C=O) groups is 2. The number of methoxy groups -OCH3 is 2. The second-order valence-corrected chi connectivity index (χ2v) is 9.61. The molecule has 7 heteroatoms. The summed E-state index contributed by atoms with van der Waals surface area (Å²) in [5, 5.41) is 3.11. The van der Waals surface area contributed by atoms with Gasteiger partial charge in [0.05, 0.1) is 20.8 Å². The Hall–Kier alpha value is -3.06. The number of fused-ring (bicyclic) bond motifs is 1. The topological polar surface area (TPSA) is 71.1 Å². The van der Waals surface area contributed by atoms with E-state index in [9.17, 15) is 9.59 Å². The number of hydrogen-bond donors (Lipinski definition) is 1. The number of hydrogen-bond acceptors (Lipinski definition) is 5. The monoisotopic (exact) mass is 479 g/mol. The third-order valence-electron chi connectivity index (χ3n) is 7.41. The summed E-state index contributed by atoms with van der Waals surface area (Å²) >= 11 is 0. The van der Waals surface area contributed by atoms with Crippen molar-refractivity contribution < 1.29 is 19.1 Å². The van der Waals surface area contributed by atoms with Crippen LogP contribution in [0.3, 0.4) is 0 Å². The third-order valence-corrected chi connectivity index (χ3v) is 7.41. The lowest BCUT2D eigenvalue weighted by atomic mass is 9.97. The molecule has 2 amide bonds. The maximum atomic E-state index is 13.4. The van der Waals surface area contributed by atoms with E-state index in [0.29, 0.717) is 35.7 Å². The van der Waals surface area contributed by atoms with E-state index in [2.05, 4.69) is 24.1 Å². The number of ether oxygens (including phenoxy) is 2. The molecule has 0 unspecified atom stereocenters. The first-order chi connectivity index (χ1) is 16.9. The fourth-order valence-electron chi connectivity index (χ4n) is 5.47. The van der Waals surface area contributed by atoms with Crippen molar-refractivity contribution in [2.45, 2.75) is 64.2 Å². The van der Waals surface area contributed by atoms with Gasteiger partial charge in [0, 0.05) is 42.4 Å². The van der Waals surface area contributed by atoms with Gasteiger partial charge in [0.25, 0.3) is 5.91 Å². The van der Waals surface area contributed by atoms with Crippen LogP contribution < -0.4 is 14.8 Å². The molecule has 2 aliphatic rings. The summed E-state index contributed by atoms with van der Waals surface area (Å²) in [4.78, 5) is 30.9. The van der Waals surface area contributed by atoms with E-state index >= 15 is 0 Å². The summed E-state index contributed by atoms with van der Waals surface area (Å²) in [6.07, 6.45) is 4.65. The number of benzene rings is 2. The summed E-state index contributed by atoms with van der Waals surface area (Å²) in [6.45, 7) is 6.40. The Morgan fingerprint density at radius 3 is 2.51 bits per heavy atom. The minimum Gasteiger partial charge on any atom is -0.497 e. The van der Waals surface area contributed by atoms with Crippen LogP contribution in [-0.4, -0.2) is 61.0 Å². The fraction of sp³-hybridized carbons (Fsp3) is 0.500. The van der Waals surface area contributed by atoms with Gasteiger partial charge in [-0.3, -0.25) is 14.5 Å². The van der Waals surface area contributed by atoms with Crippen LogP contribution in [0.2, 0.25) is 0 Å². The highest BCUT2D eigenvalue weighted by atomic mass is 16.5. The predicted molar refractivity (Wildman–Crippen MR) is 136 cm³/mol. The van der Waals surface area contributed by atoms with Gasteiger partial charge in [0.1, 0.15) is 17.5 Å². The molecule has 188 valence electrons. The standard InChI is InChI=1S/C28H37N3O4/c1-19-9-7-10-20(2)30(19)16-8-15-29-27(32)26-23-11-5-6-12-24(23)28(33)31(26)18-21-13-14-22(34-3)17-25(21)35-4/h5-6,11-14,17,19-20,26H,7-10,15-16,18H2,1-4H3,(H,29,32)/t19-,20-,26-/m1/s1.